The minimum atomic E-state index is -0.482. The van der Waals surface area contributed by atoms with Gasteiger partial charge in [0, 0.05) is 12.4 Å². The van der Waals surface area contributed by atoms with Gasteiger partial charge >= 0.3 is 11.9 Å². The van der Waals surface area contributed by atoms with E-state index >= 15 is 0 Å². The highest BCUT2D eigenvalue weighted by Crippen LogP contribution is 2.21. The fourth-order valence-corrected chi connectivity index (χ4v) is 2.26. The molecule has 2 aromatic heterocycles. The van der Waals surface area contributed by atoms with E-state index in [0.717, 1.165) is 25.7 Å². The Labute approximate surface area is 136 Å². The number of rotatable bonds is 8. The van der Waals surface area contributed by atoms with Crippen LogP contribution in [-0.2, 0) is 9.47 Å². The van der Waals surface area contributed by atoms with Crippen LogP contribution in [0.2, 0.25) is 0 Å². The lowest BCUT2D eigenvalue weighted by Gasteiger charge is -2.06. The maximum absolute atomic E-state index is 12.4. The van der Waals surface area contributed by atoms with E-state index in [4.69, 9.17) is 9.47 Å². The van der Waals surface area contributed by atoms with Crippen LogP contribution >= 0.6 is 0 Å². The summed E-state index contributed by atoms with van der Waals surface area (Å²) >= 11 is 0. The Hall–Kier alpha value is -2.30. The van der Waals surface area contributed by atoms with Crippen molar-refractivity contribution in [2.75, 3.05) is 13.2 Å². The van der Waals surface area contributed by atoms with Crippen molar-refractivity contribution in [3.63, 3.8) is 0 Å². The molecule has 2 heterocycles. The van der Waals surface area contributed by atoms with Crippen molar-refractivity contribution in [3.8, 4) is 0 Å². The third-order valence-electron chi connectivity index (χ3n) is 3.57. The predicted molar refractivity (Wildman–Crippen MR) is 87.8 cm³/mol. The average molecular weight is 317 g/mol. The number of fused-ring (bicyclic) bond motifs is 1. The summed E-state index contributed by atoms with van der Waals surface area (Å²) in [5.41, 5.74) is 1.19. The number of hydrogen-bond donors (Lipinski definition) is 0. The monoisotopic (exact) mass is 317 g/mol. The molecule has 0 spiro atoms. The lowest BCUT2D eigenvalue weighted by molar-refractivity contribution is 0.0455. The maximum Gasteiger partial charge on any atom is 0.341 e. The molecule has 2 rings (SSSR count). The molecule has 5 heteroatoms. The Kier molecular flexibility index (Phi) is 6.20. The molecule has 0 fully saturated rings. The van der Waals surface area contributed by atoms with Crippen LogP contribution in [0.5, 0.6) is 0 Å². The van der Waals surface area contributed by atoms with Gasteiger partial charge in [-0.25, -0.2) is 9.59 Å². The lowest BCUT2D eigenvalue weighted by Crippen LogP contribution is -2.13. The van der Waals surface area contributed by atoms with Crippen LogP contribution < -0.4 is 0 Å². The van der Waals surface area contributed by atoms with Crippen molar-refractivity contribution < 1.29 is 19.1 Å². The van der Waals surface area contributed by atoms with Gasteiger partial charge in [0.15, 0.2) is 0 Å². The minimum Gasteiger partial charge on any atom is -0.462 e. The van der Waals surface area contributed by atoms with Gasteiger partial charge in [0.2, 0.25) is 0 Å². The molecule has 0 aliphatic heterocycles. The molecule has 0 bridgehead atoms. The van der Waals surface area contributed by atoms with Crippen molar-refractivity contribution in [2.24, 2.45) is 0 Å². The second kappa shape index (κ2) is 8.36. The Bertz CT molecular complexity index is 675. The highest BCUT2D eigenvalue weighted by Gasteiger charge is 2.24. The Morgan fingerprint density at radius 3 is 2.30 bits per heavy atom. The number of aromatic nitrogens is 1. The molecule has 0 aliphatic carbocycles. The molecule has 5 nitrogen and oxygen atoms in total. The zero-order chi connectivity index (χ0) is 16.7. The Morgan fingerprint density at radius 1 is 1.00 bits per heavy atom. The van der Waals surface area contributed by atoms with Gasteiger partial charge in [-0.3, -0.25) is 0 Å². The molecule has 23 heavy (non-hydrogen) atoms. The van der Waals surface area contributed by atoms with E-state index in [2.05, 4.69) is 0 Å². The van der Waals surface area contributed by atoms with Gasteiger partial charge in [-0.1, -0.05) is 32.8 Å². The van der Waals surface area contributed by atoms with E-state index in [0.29, 0.717) is 18.7 Å². The molecule has 0 unspecified atom stereocenters. The zero-order valence-electron chi connectivity index (χ0n) is 13.7. The second-order valence-corrected chi connectivity index (χ2v) is 5.39. The summed E-state index contributed by atoms with van der Waals surface area (Å²) < 4.78 is 12.3. The van der Waals surface area contributed by atoms with Crippen LogP contribution in [0, 0.1) is 0 Å². The fraction of sp³-hybridized carbons (Fsp3) is 0.444. The van der Waals surface area contributed by atoms with Crippen molar-refractivity contribution >= 4 is 17.5 Å². The molecule has 0 aromatic carbocycles. The smallest absolute Gasteiger partial charge is 0.341 e. The molecule has 0 saturated carbocycles. The highest BCUT2D eigenvalue weighted by atomic mass is 16.5. The summed E-state index contributed by atoms with van der Waals surface area (Å²) in [4.78, 5) is 24.7. The van der Waals surface area contributed by atoms with Crippen molar-refractivity contribution in [3.05, 3.63) is 41.7 Å². The maximum atomic E-state index is 12.4. The highest BCUT2D eigenvalue weighted by molar-refractivity contribution is 6.08. The van der Waals surface area contributed by atoms with Crippen LogP contribution in [-0.4, -0.2) is 29.6 Å². The fourth-order valence-electron chi connectivity index (χ4n) is 2.26. The number of nitrogens with zero attached hydrogens (tertiary/aromatic N) is 1. The standard InChI is InChI=1S/C18H23NO4/c1-3-5-11-22-17(20)14-13-19-10-8-7-9-15(19)16(14)18(21)23-12-6-4-2/h7-10,13H,3-6,11-12H2,1-2H3. The van der Waals surface area contributed by atoms with Gasteiger partial charge in [-0.15, -0.1) is 0 Å². The third-order valence-corrected chi connectivity index (χ3v) is 3.57. The number of esters is 2. The number of carbonyl (C=O) groups excluding carboxylic acids is 2. The minimum absolute atomic E-state index is 0.258. The van der Waals surface area contributed by atoms with Gasteiger partial charge in [-0.05, 0) is 25.0 Å². The van der Waals surface area contributed by atoms with Crippen molar-refractivity contribution in [1.82, 2.24) is 4.40 Å². The zero-order valence-corrected chi connectivity index (χ0v) is 13.7. The summed E-state index contributed by atoms with van der Waals surface area (Å²) in [7, 11) is 0. The van der Waals surface area contributed by atoms with Crippen molar-refractivity contribution in [1.29, 1.82) is 0 Å². The molecular formula is C18H23NO4. The molecule has 0 radical (unpaired) electrons. The summed E-state index contributed by atoms with van der Waals surface area (Å²) in [6, 6.07) is 5.45. The number of hydrogen-bond acceptors (Lipinski definition) is 4. The van der Waals surface area contributed by atoms with Crippen LogP contribution in [0.1, 0.15) is 60.2 Å². The van der Waals surface area contributed by atoms with E-state index < -0.39 is 11.9 Å². The van der Waals surface area contributed by atoms with Gasteiger partial charge in [0.25, 0.3) is 0 Å². The molecule has 0 atom stereocenters. The number of carbonyl (C=O) groups is 2. The third kappa shape index (κ3) is 4.12. The van der Waals surface area contributed by atoms with Gasteiger partial charge in [-0.2, -0.15) is 0 Å². The average Bonchev–Trinajstić information content (AvgIpc) is 2.94. The summed E-state index contributed by atoms with van der Waals surface area (Å²) in [5, 5.41) is 0. The van der Waals surface area contributed by atoms with Gasteiger partial charge < -0.3 is 13.9 Å². The largest absolute Gasteiger partial charge is 0.462 e. The SMILES string of the molecule is CCCCOC(=O)c1cn2ccccc2c1C(=O)OCCCC. The second-order valence-electron chi connectivity index (χ2n) is 5.39. The molecule has 2 aromatic rings. The van der Waals surface area contributed by atoms with E-state index in [1.165, 1.54) is 0 Å². The summed E-state index contributed by atoms with van der Waals surface area (Å²) in [6.07, 6.45) is 6.90. The first-order valence-corrected chi connectivity index (χ1v) is 8.13. The molecule has 0 N–H and O–H groups in total. The summed E-state index contributed by atoms with van der Waals surface area (Å²) in [5.74, 6) is -0.959. The summed E-state index contributed by atoms with van der Waals surface area (Å²) in [6.45, 7) is 4.75. The predicted octanol–water partition coefficient (Wildman–Crippen LogP) is 3.85. The van der Waals surface area contributed by atoms with Crippen LogP contribution in [0.3, 0.4) is 0 Å². The molecule has 0 saturated heterocycles. The van der Waals surface area contributed by atoms with Gasteiger partial charge in [0.05, 0.1) is 29.9 Å². The first-order valence-electron chi connectivity index (χ1n) is 8.13. The normalized spacial score (nSPS) is 10.7. The lowest BCUT2D eigenvalue weighted by atomic mass is 10.1. The Balaban J connectivity index is 2.29. The first-order chi connectivity index (χ1) is 11.2. The van der Waals surface area contributed by atoms with Crippen LogP contribution in [0.4, 0.5) is 0 Å². The number of pyridine rings is 1. The van der Waals surface area contributed by atoms with E-state index in [-0.39, 0.29) is 11.1 Å². The van der Waals surface area contributed by atoms with Crippen molar-refractivity contribution in [2.45, 2.75) is 39.5 Å². The first kappa shape index (κ1) is 17.1. The Morgan fingerprint density at radius 2 is 1.65 bits per heavy atom. The van der Waals surface area contributed by atoms with Crippen LogP contribution in [0.15, 0.2) is 30.6 Å². The molecular weight excluding hydrogens is 294 g/mol. The quantitative estimate of drug-likeness (QED) is 0.548. The number of ether oxygens (including phenoxy) is 2. The molecule has 0 amide bonds. The van der Waals surface area contributed by atoms with Crippen LogP contribution in [0.25, 0.3) is 5.52 Å². The topological polar surface area (TPSA) is 57.0 Å². The van der Waals surface area contributed by atoms with Gasteiger partial charge in [0.1, 0.15) is 0 Å². The van der Waals surface area contributed by atoms with E-state index in [9.17, 15) is 9.59 Å². The van der Waals surface area contributed by atoms with E-state index in [1.54, 1.807) is 22.9 Å². The molecule has 124 valence electrons. The molecule has 0 aliphatic rings. The van der Waals surface area contributed by atoms with E-state index in [1.807, 2.05) is 26.0 Å². The number of unbranched alkanes of at least 4 members (excludes halogenated alkanes) is 2.